The van der Waals surface area contributed by atoms with E-state index in [4.69, 9.17) is 32.7 Å². The third-order valence-corrected chi connectivity index (χ3v) is 4.52. The molecular formula is C20H26Cl2N2O3. The average molecular weight is 413 g/mol. The Morgan fingerprint density at radius 1 is 1.07 bits per heavy atom. The van der Waals surface area contributed by atoms with Crippen LogP contribution in [0.15, 0.2) is 36.4 Å². The summed E-state index contributed by atoms with van der Waals surface area (Å²) in [5.41, 5.74) is 1.88. The summed E-state index contributed by atoms with van der Waals surface area (Å²) in [6.07, 6.45) is -0.341. The summed E-state index contributed by atoms with van der Waals surface area (Å²) in [5, 5.41) is 16.8. The fourth-order valence-corrected chi connectivity index (χ4v) is 2.98. The smallest absolute Gasteiger partial charge is 0.180 e. The van der Waals surface area contributed by atoms with E-state index in [1.165, 1.54) is 0 Å². The van der Waals surface area contributed by atoms with E-state index in [2.05, 4.69) is 10.6 Å². The lowest BCUT2D eigenvalue weighted by Gasteiger charge is -2.15. The first kappa shape index (κ1) is 21.8. The van der Waals surface area contributed by atoms with Gasteiger partial charge in [0.1, 0.15) is 6.61 Å². The molecule has 0 heterocycles. The molecule has 2 aromatic rings. The van der Waals surface area contributed by atoms with Crippen LogP contribution in [-0.4, -0.2) is 38.0 Å². The summed E-state index contributed by atoms with van der Waals surface area (Å²) in [6.45, 7) is 4.84. The van der Waals surface area contributed by atoms with Crippen molar-refractivity contribution in [2.45, 2.75) is 26.2 Å². The largest absolute Gasteiger partial charge is 0.493 e. The van der Waals surface area contributed by atoms with E-state index < -0.39 is 0 Å². The van der Waals surface area contributed by atoms with E-state index in [1.54, 1.807) is 14.0 Å². The normalized spacial score (nSPS) is 12.0. The summed E-state index contributed by atoms with van der Waals surface area (Å²) < 4.78 is 11.3. The molecule has 0 amide bonds. The topological polar surface area (TPSA) is 62.8 Å². The van der Waals surface area contributed by atoms with E-state index in [0.717, 1.165) is 24.2 Å². The van der Waals surface area contributed by atoms with Gasteiger partial charge in [-0.3, -0.25) is 0 Å². The first-order chi connectivity index (χ1) is 13.0. The molecule has 0 unspecified atom stereocenters. The van der Waals surface area contributed by atoms with Gasteiger partial charge in [-0.15, -0.1) is 0 Å². The first-order valence-corrected chi connectivity index (χ1v) is 9.59. The van der Waals surface area contributed by atoms with Crippen LogP contribution in [0.25, 0.3) is 0 Å². The van der Waals surface area contributed by atoms with Crippen LogP contribution in [0.3, 0.4) is 0 Å². The third kappa shape index (κ3) is 7.20. The lowest BCUT2D eigenvalue weighted by molar-refractivity contribution is 0.191. The Morgan fingerprint density at radius 2 is 1.81 bits per heavy atom. The van der Waals surface area contributed by atoms with Gasteiger partial charge >= 0.3 is 0 Å². The van der Waals surface area contributed by atoms with Gasteiger partial charge in [0.25, 0.3) is 0 Å². The van der Waals surface area contributed by atoms with Crippen molar-refractivity contribution < 1.29 is 14.6 Å². The van der Waals surface area contributed by atoms with Crippen molar-refractivity contribution in [1.82, 2.24) is 10.6 Å². The molecule has 0 bridgehead atoms. The van der Waals surface area contributed by atoms with Crippen LogP contribution < -0.4 is 20.1 Å². The summed E-state index contributed by atoms with van der Waals surface area (Å²) >= 11 is 12.6. The quantitative estimate of drug-likeness (QED) is 0.491. The fraction of sp³-hybridized carbons (Fsp3) is 0.400. The highest BCUT2D eigenvalue weighted by atomic mass is 35.5. The van der Waals surface area contributed by atoms with Crippen LogP contribution in [0.4, 0.5) is 0 Å². The zero-order chi connectivity index (χ0) is 19.6. The van der Waals surface area contributed by atoms with Crippen molar-refractivity contribution in [3.8, 4) is 11.5 Å². The maximum absolute atomic E-state index is 9.20. The van der Waals surface area contributed by atoms with E-state index in [-0.39, 0.29) is 6.10 Å². The van der Waals surface area contributed by atoms with Gasteiger partial charge in [0.05, 0.1) is 18.2 Å². The number of methoxy groups -OCH3 is 1. The van der Waals surface area contributed by atoms with Gasteiger partial charge in [0.2, 0.25) is 0 Å². The molecule has 148 valence electrons. The second-order valence-electron chi connectivity index (χ2n) is 6.22. The molecule has 0 fully saturated rings. The first-order valence-electron chi connectivity index (χ1n) is 8.83. The number of aliphatic hydroxyl groups is 1. The van der Waals surface area contributed by atoms with Crippen LogP contribution in [0, 0.1) is 0 Å². The van der Waals surface area contributed by atoms with E-state index in [1.807, 2.05) is 36.4 Å². The maximum atomic E-state index is 9.20. The minimum absolute atomic E-state index is 0.308. The molecule has 2 rings (SSSR count). The highest BCUT2D eigenvalue weighted by Gasteiger charge is 2.13. The van der Waals surface area contributed by atoms with Crippen LogP contribution in [0.1, 0.15) is 18.1 Å². The number of hydrogen-bond acceptors (Lipinski definition) is 5. The molecule has 5 nitrogen and oxygen atoms in total. The van der Waals surface area contributed by atoms with Crippen LogP contribution >= 0.6 is 23.2 Å². The SMILES string of the molecule is COc1cc(CNCCNC[C@@H](C)O)cc(Cl)c1OCc1ccccc1Cl. The maximum Gasteiger partial charge on any atom is 0.180 e. The van der Waals surface area contributed by atoms with Gasteiger partial charge in [-0.1, -0.05) is 41.4 Å². The van der Waals surface area contributed by atoms with Crippen LogP contribution in [0.5, 0.6) is 11.5 Å². The minimum Gasteiger partial charge on any atom is -0.493 e. The number of benzene rings is 2. The fourth-order valence-electron chi connectivity index (χ4n) is 2.50. The van der Waals surface area contributed by atoms with Crippen molar-refractivity contribution in [3.05, 3.63) is 57.6 Å². The third-order valence-electron chi connectivity index (χ3n) is 3.87. The molecule has 0 aromatic heterocycles. The lowest BCUT2D eigenvalue weighted by Crippen LogP contribution is -2.31. The van der Waals surface area contributed by atoms with Crippen molar-refractivity contribution in [2.24, 2.45) is 0 Å². The van der Waals surface area contributed by atoms with Crippen molar-refractivity contribution >= 4 is 23.2 Å². The molecule has 1 atom stereocenters. The Hall–Kier alpha value is -1.50. The average Bonchev–Trinajstić information content (AvgIpc) is 2.64. The summed E-state index contributed by atoms with van der Waals surface area (Å²) in [4.78, 5) is 0. The predicted molar refractivity (Wildman–Crippen MR) is 110 cm³/mol. The molecule has 0 aliphatic rings. The number of nitrogens with one attached hydrogen (secondary N) is 2. The van der Waals surface area contributed by atoms with E-state index in [0.29, 0.717) is 41.2 Å². The molecule has 3 N–H and O–H groups in total. The molecule has 0 saturated heterocycles. The molecule has 7 heteroatoms. The predicted octanol–water partition coefficient (Wildman–Crippen LogP) is 3.64. The van der Waals surface area contributed by atoms with Gasteiger partial charge in [-0.25, -0.2) is 0 Å². The second kappa shape index (κ2) is 11.4. The molecule has 0 aliphatic heterocycles. The molecule has 0 saturated carbocycles. The molecular weight excluding hydrogens is 387 g/mol. The highest BCUT2D eigenvalue weighted by Crippen LogP contribution is 2.37. The molecule has 27 heavy (non-hydrogen) atoms. The number of rotatable bonds is 11. The van der Waals surface area contributed by atoms with Crippen LogP contribution in [0.2, 0.25) is 10.0 Å². The Balaban J connectivity index is 1.93. The summed E-state index contributed by atoms with van der Waals surface area (Å²) in [7, 11) is 1.59. The minimum atomic E-state index is -0.341. The van der Waals surface area contributed by atoms with Gasteiger partial charge < -0.3 is 25.2 Å². The number of aliphatic hydroxyl groups excluding tert-OH is 1. The Morgan fingerprint density at radius 3 is 2.52 bits per heavy atom. The summed E-state index contributed by atoms with van der Waals surface area (Å²) in [5.74, 6) is 1.08. The van der Waals surface area contributed by atoms with Crippen molar-refractivity contribution in [2.75, 3.05) is 26.7 Å². The molecule has 0 spiro atoms. The molecule has 2 aromatic carbocycles. The second-order valence-corrected chi connectivity index (χ2v) is 7.03. The number of halogens is 2. The van der Waals surface area contributed by atoms with Gasteiger partial charge in [-0.2, -0.15) is 0 Å². The molecule has 0 radical (unpaired) electrons. The van der Waals surface area contributed by atoms with Gasteiger partial charge in [0.15, 0.2) is 11.5 Å². The van der Waals surface area contributed by atoms with E-state index >= 15 is 0 Å². The van der Waals surface area contributed by atoms with E-state index in [9.17, 15) is 5.11 Å². The van der Waals surface area contributed by atoms with Crippen LogP contribution in [-0.2, 0) is 13.2 Å². The van der Waals surface area contributed by atoms with Crippen molar-refractivity contribution in [1.29, 1.82) is 0 Å². The molecule has 0 aliphatic carbocycles. The standard InChI is InChI=1S/C20H26Cl2N2O3/c1-14(25)11-23-7-8-24-12-15-9-18(22)20(19(10-15)26-2)27-13-16-5-3-4-6-17(16)21/h3-6,9-10,14,23-25H,7-8,11-13H2,1-2H3/t14-/m1/s1. The van der Waals surface area contributed by atoms with Crippen molar-refractivity contribution in [3.63, 3.8) is 0 Å². The summed E-state index contributed by atoms with van der Waals surface area (Å²) in [6, 6.07) is 11.3. The lowest BCUT2D eigenvalue weighted by atomic mass is 10.2. The van der Waals surface area contributed by atoms with Gasteiger partial charge in [-0.05, 0) is 30.7 Å². The highest BCUT2D eigenvalue weighted by molar-refractivity contribution is 6.32. The monoisotopic (exact) mass is 412 g/mol. The van der Waals surface area contributed by atoms with Gasteiger partial charge in [0, 0.05) is 36.8 Å². The zero-order valence-electron chi connectivity index (χ0n) is 15.6. The zero-order valence-corrected chi connectivity index (χ0v) is 17.1. The Kier molecular flexibility index (Phi) is 9.18. The Bertz CT molecular complexity index is 726. The number of hydrogen-bond donors (Lipinski definition) is 3. The Labute approximate surface area is 170 Å². The number of ether oxygens (including phenoxy) is 2.